The van der Waals surface area contributed by atoms with Gasteiger partial charge in [0.1, 0.15) is 11.6 Å². The highest BCUT2D eigenvalue weighted by Gasteiger charge is 2.12. The smallest absolute Gasteiger partial charge is 0.187 e. The second-order valence-corrected chi connectivity index (χ2v) is 5.70. The van der Waals surface area contributed by atoms with Gasteiger partial charge in [-0.3, -0.25) is 4.68 Å². The minimum absolute atomic E-state index is 0.0510. The van der Waals surface area contributed by atoms with E-state index in [0.29, 0.717) is 29.1 Å². The topological polar surface area (TPSA) is 74.3 Å². The van der Waals surface area contributed by atoms with Crippen molar-refractivity contribution in [2.24, 2.45) is 7.05 Å². The van der Waals surface area contributed by atoms with Gasteiger partial charge in [-0.2, -0.15) is 9.78 Å². The lowest BCUT2D eigenvalue weighted by Crippen LogP contribution is -2.02. The highest BCUT2D eigenvalue weighted by molar-refractivity contribution is 6.30. The van der Waals surface area contributed by atoms with Gasteiger partial charge < -0.3 is 0 Å². The zero-order valence-electron chi connectivity index (χ0n) is 12.6. The summed E-state index contributed by atoms with van der Waals surface area (Å²) in [4.78, 5) is 8.79. The molecule has 0 radical (unpaired) electrons. The summed E-state index contributed by atoms with van der Waals surface area (Å²) in [7, 11) is 1.85. The number of benzene rings is 1. The van der Waals surface area contributed by atoms with E-state index in [-0.39, 0.29) is 5.02 Å². The molecule has 7 nitrogen and oxygen atoms in total. The minimum Gasteiger partial charge on any atom is -0.276 e. The van der Waals surface area contributed by atoms with Crippen LogP contribution in [0.4, 0.5) is 4.39 Å². The minimum atomic E-state index is -0.526. The molecule has 0 aliphatic rings. The lowest BCUT2D eigenvalue weighted by molar-refractivity contribution is 0.625. The van der Waals surface area contributed by atoms with Crippen LogP contribution >= 0.6 is 11.6 Å². The van der Waals surface area contributed by atoms with Gasteiger partial charge in [0, 0.05) is 25.7 Å². The first-order valence-electron chi connectivity index (χ1n) is 7.10. The van der Waals surface area contributed by atoms with E-state index in [4.69, 9.17) is 11.6 Å². The van der Waals surface area contributed by atoms with Gasteiger partial charge in [0.15, 0.2) is 11.2 Å². The van der Waals surface area contributed by atoms with E-state index in [9.17, 15) is 4.39 Å². The van der Waals surface area contributed by atoms with Crippen LogP contribution in [0.5, 0.6) is 0 Å². The maximum Gasteiger partial charge on any atom is 0.187 e. The van der Waals surface area contributed by atoms with E-state index in [1.807, 2.05) is 13.2 Å². The van der Waals surface area contributed by atoms with Gasteiger partial charge in [-0.1, -0.05) is 16.8 Å². The molecule has 4 aromatic rings. The molecule has 0 saturated heterocycles. The van der Waals surface area contributed by atoms with Crippen molar-refractivity contribution >= 4 is 22.8 Å². The van der Waals surface area contributed by atoms with Gasteiger partial charge in [0.2, 0.25) is 0 Å². The van der Waals surface area contributed by atoms with Gasteiger partial charge >= 0.3 is 0 Å². The Morgan fingerprint density at radius 1 is 1.25 bits per heavy atom. The highest BCUT2D eigenvalue weighted by atomic mass is 35.5. The Morgan fingerprint density at radius 2 is 2.12 bits per heavy atom. The largest absolute Gasteiger partial charge is 0.276 e. The third kappa shape index (κ3) is 2.61. The molecule has 0 aliphatic heterocycles. The molecule has 0 spiro atoms. The normalized spacial score (nSPS) is 11.3. The van der Waals surface area contributed by atoms with Crippen LogP contribution in [-0.4, -0.2) is 34.7 Å². The summed E-state index contributed by atoms with van der Waals surface area (Å²) in [5.41, 5.74) is 2.52. The molecule has 4 rings (SSSR count). The van der Waals surface area contributed by atoms with Crippen LogP contribution in [0, 0.1) is 5.82 Å². The van der Waals surface area contributed by atoms with Crippen molar-refractivity contribution in [1.29, 1.82) is 0 Å². The number of hydrogen-bond donors (Lipinski definition) is 0. The molecule has 1 aromatic carbocycles. The quantitative estimate of drug-likeness (QED) is 0.570. The molecule has 3 heterocycles. The van der Waals surface area contributed by atoms with E-state index < -0.39 is 5.82 Å². The molecule has 0 atom stereocenters. The fourth-order valence-corrected chi connectivity index (χ4v) is 2.50. The van der Waals surface area contributed by atoms with Crippen LogP contribution in [0.2, 0.25) is 5.02 Å². The van der Waals surface area contributed by atoms with Gasteiger partial charge in [-0.05, 0) is 17.7 Å². The Labute approximate surface area is 140 Å². The van der Waals surface area contributed by atoms with E-state index in [1.165, 1.54) is 16.8 Å². The van der Waals surface area contributed by atoms with Crippen molar-refractivity contribution in [3.05, 3.63) is 59.0 Å². The van der Waals surface area contributed by atoms with Gasteiger partial charge in [0.05, 0.1) is 23.1 Å². The molecular formula is C15H11ClFN7. The van der Waals surface area contributed by atoms with E-state index in [1.54, 1.807) is 23.1 Å². The zero-order chi connectivity index (χ0) is 16.7. The van der Waals surface area contributed by atoms with E-state index in [0.717, 1.165) is 5.56 Å². The first-order chi connectivity index (χ1) is 11.6. The molecule has 3 aromatic heterocycles. The molecule has 24 heavy (non-hydrogen) atoms. The zero-order valence-corrected chi connectivity index (χ0v) is 13.3. The second kappa shape index (κ2) is 5.64. The van der Waals surface area contributed by atoms with Crippen molar-refractivity contribution in [2.45, 2.75) is 6.42 Å². The van der Waals surface area contributed by atoms with E-state index >= 15 is 0 Å². The summed E-state index contributed by atoms with van der Waals surface area (Å²) in [6.45, 7) is 0. The Balaban J connectivity index is 1.76. The van der Waals surface area contributed by atoms with Crippen LogP contribution < -0.4 is 0 Å². The molecule has 9 heteroatoms. The number of hydrogen-bond acceptors (Lipinski definition) is 5. The number of aryl methyl sites for hydroxylation is 1. The van der Waals surface area contributed by atoms with Crippen molar-refractivity contribution in [1.82, 2.24) is 34.7 Å². The predicted octanol–water partition coefficient (Wildman–Crippen LogP) is 2.33. The molecule has 0 fully saturated rings. The molecule has 0 amide bonds. The predicted molar refractivity (Wildman–Crippen MR) is 85.4 cm³/mol. The Morgan fingerprint density at radius 3 is 2.88 bits per heavy atom. The third-order valence-corrected chi connectivity index (χ3v) is 3.82. The molecule has 0 saturated carbocycles. The number of nitrogens with zero attached hydrogens (tertiary/aromatic N) is 7. The fraction of sp³-hybridized carbons (Fsp3) is 0.133. The average Bonchev–Trinajstić information content (AvgIpc) is 3.16. The average molecular weight is 344 g/mol. The molecule has 0 N–H and O–H groups in total. The highest BCUT2D eigenvalue weighted by Crippen LogP contribution is 2.20. The van der Waals surface area contributed by atoms with Gasteiger partial charge in [0.25, 0.3) is 0 Å². The summed E-state index contributed by atoms with van der Waals surface area (Å²) in [5, 5.41) is 12.2. The third-order valence-electron chi connectivity index (χ3n) is 3.51. The summed E-state index contributed by atoms with van der Waals surface area (Å²) < 4.78 is 16.9. The van der Waals surface area contributed by atoms with E-state index in [2.05, 4.69) is 25.4 Å². The molecular weight excluding hydrogens is 333 g/mol. The molecule has 0 unspecified atom stereocenters. The Bertz CT molecular complexity index is 1040. The monoisotopic (exact) mass is 343 g/mol. The van der Waals surface area contributed by atoms with Crippen LogP contribution in [0.15, 0.2) is 36.8 Å². The maximum atomic E-state index is 13.7. The van der Waals surface area contributed by atoms with Crippen molar-refractivity contribution in [3.63, 3.8) is 0 Å². The first kappa shape index (κ1) is 14.7. The lowest BCUT2D eigenvalue weighted by Gasteiger charge is -2.03. The maximum absolute atomic E-state index is 13.7. The summed E-state index contributed by atoms with van der Waals surface area (Å²) in [6, 6.07) is 4.42. The fourth-order valence-electron chi connectivity index (χ4n) is 2.39. The SMILES string of the molecule is Cn1cc(Cc2ncc3nnn(-c4ccc(Cl)c(F)c4)c3n2)cn1. The van der Waals surface area contributed by atoms with Crippen LogP contribution in [0.1, 0.15) is 11.4 Å². The summed E-state index contributed by atoms with van der Waals surface area (Å²) in [5.74, 6) is 0.0796. The second-order valence-electron chi connectivity index (χ2n) is 5.29. The van der Waals surface area contributed by atoms with Crippen LogP contribution in [0.3, 0.4) is 0 Å². The summed E-state index contributed by atoms with van der Waals surface area (Å²) >= 11 is 5.72. The molecule has 120 valence electrons. The molecule has 0 bridgehead atoms. The van der Waals surface area contributed by atoms with Crippen molar-refractivity contribution in [2.75, 3.05) is 0 Å². The summed E-state index contributed by atoms with van der Waals surface area (Å²) in [6.07, 6.45) is 5.79. The van der Waals surface area contributed by atoms with Gasteiger partial charge in [-0.25, -0.2) is 14.4 Å². The first-order valence-corrected chi connectivity index (χ1v) is 7.48. The van der Waals surface area contributed by atoms with Crippen molar-refractivity contribution < 1.29 is 4.39 Å². The lowest BCUT2D eigenvalue weighted by atomic mass is 10.2. The number of halogens is 2. The number of rotatable bonds is 3. The van der Waals surface area contributed by atoms with Crippen LogP contribution in [0.25, 0.3) is 16.9 Å². The van der Waals surface area contributed by atoms with Crippen LogP contribution in [-0.2, 0) is 13.5 Å². The van der Waals surface area contributed by atoms with Gasteiger partial charge in [-0.15, -0.1) is 5.10 Å². The standard InChI is InChI=1S/C15H11ClFN7/c1-23-8-9(6-19-23)4-14-18-7-13-15(20-14)24(22-21-13)10-2-3-11(16)12(17)5-10/h2-3,5-8H,4H2,1H3. The Hall–Kier alpha value is -2.87. The van der Waals surface area contributed by atoms with Crippen molar-refractivity contribution in [3.8, 4) is 5.69 Å². The number of aromatic nitrogens is 7. The molecule has 0 aliphatic carbocycles. The Kier molecular flexibility index (Phi) is 3.46. The number of fused-ring (bicyclic) bond motifs is 1.